The number of hydrogen-bond donors (Lipinski definition) is 0. The molecule has 0 N–H and O–H groups in total. The van der Waals surface area contributed by atoms with Crippen LogP contribution >= 0.6 is 11.8 Å². The van der Waals surface area contributed by atoms with Crippen LogP contribution in [-0.4, -0.2) is 15.3 Å². The van der Waals surface area contributed by atoms with Crippen LogP contribution < -0.4 is 0 Å². The molecule has 3 nitrogen and oxygen atoms in total. The number of aryl methyl sites for hydroxylation is 1. The quantitative estimate of drug-likeness (QED) is 0.756. The molecular formula is C12H11N3S. The van der Waals surface area contributed by atoms with Gasteiger partial charge in [0.25, 0.3) is 0 Å². The van der Waals surface area contributed by atoms with Crippen LogP contribution in [0.15, 0.2) is 47.6 Å². The van der Waals surface area contributed by atoms with E-state index in [-0.39, 0.29) is 0 Å². The second-order valence-corrected chi connectivity index (χ2v) is 4.39. The third-order valence-electron chi connectivity index (χ3n) is 2.16. The number of thioether (sulfide) groups is 1. The Labute approximate surface area is 98.7 Å². The number of rotatable bonds is 4. The Morgan fingerprint density at radius 3 is 2.88 bits per heavy atom. The Balaban J connectivity index is 1.88. The van der Waals surface area contributed by atoms with Gasteiger partial charge < -0.3 is 4.57 Å². The fourth-order valence-corrected chi connectivity index (χ4v) is 2.25. The molecule has 1 aromatic heterocycles. The van der Waals surface area contributed by atoms with E-state index in [1.54, 1.807) is 18.0 Å². The van der Waals surface area contributed by atoms with Crippen LogP contribution in [0.25, 0.3) is 0 Å². The lowest BCUT2D eigenvalue weighted by atomic mass is 10.4. The van der Waals surface area contributed by atoms with Crippen molar-refractivity contribution in [2.45, 2.75) is 11.4 Å². The predicted octanol–water partition coefficient (Wildman–Crippen LogP) is 2.55. The van der Waals surface area contributed by atoms with Crippen LogP contribution in [0.4, 0.5) is 0 Å². The van der Waals surface area contributed by atoms with Crippen LogP contribution in [0.3, 0.4) is 0 Å². The van der Waals surface area contributed by atoms with Crippen molar-refractivity contribution in [2.75, 3.05) is 5.75 Å². The van der Waals surface area contributed by atoms with Gasteiger partial charge in [-0.3, -0.25) is 0 Å². The first-order valence-electron chi connectivity index (χ1n) is 4.99. The van der Waals surface area contributed by atoms with E-state index in [0.717, 1.165) is 12.3 Å². The van der Waals surface area contributed by atoms with E-state index in [0.29, 0.717) is 5.82 Å². The molecular weight excluding hydrogens is 218 g/mol. The first-order chi connectivity index (χ1) is 7.90. The van der Waals surface area contributed by atoms with Crippen LogP contribution in [0, 0.1) is 11.3 Å². The van der Waals surface area contributed by atoms with Gasteiger partial charge in [0, 0.05) is 29.6 Å². The number of nitrogens with zero attached hydrogens (tertiary/aromatic N) is 3. The van der Waals surface area contributed by atoms with Gasteiger partial charge in [0.1, 0.15) is 6.07 Å². The highest BCUT2D eigenvalue weighted by molar-refractivity contribution is 7.99. The summed E-state index contributed by atoms with van der Waals surface area (Å²) in [5, 5.41) is 8.78. The zero-order valence-electron chi connectivity index (χ0n) is 8.71. The van der Waals surface area contributed by atoms with Gasteiger partial charge >= 0.3 is 0 Å². The zero-order valence-corrected chi connectivity index (χ0v) is 9.52. The SMILES string of the molecule is N#Cc1nccn1CCSc1ccccc1. The van der Waals surface area contributed by atoms with Crippen molar-refractivity contribution in [3.63, 3.8) is 0 Å². The maximum Gasteiger partial charge on any atom is 0.212 e. The van der Waals surface area contributed by atoms with Gasteiger partial charge in [0.2, 0.25) is 5.82 Å². The van der Waals surface area contributed by atoms with E-state index in [2.05, 4.69) is 23.2 Å². The Bertz CT molecular complexity index is 484. The maximum absolute atomic E-state index is 8.78. The standard InChI is InChI=1S/C12H11N3S/c13-10-12-14-6-7-15(12)8-9-16-11-4-2-1-3-5-11/h1-7H,8-9H2. The van der Waals surface area contributed by atoms with Gasteiger partial charge in [-0.05, 0) is 12.1 Å². The topological polar surface area (TPSA) is 41.6 Å². The van der Waals surface area contributed by atoms with E-state index in [1.807, 2.05) is 29.0 Å². The summed E-state index contributed by atoms with van der Waals surface area (Å²) in [4.78, 5) is 5.20. The summed E-state index contributed by atoms with van der Waals surface area (Å²) in [6.07, 6.45) is 3.50. The van der Waals surface area contributed by atoms with Gasteiger partial charge in [0.15, 0.2) is 0 Å². The molecule has 1 heterocycles. The van der Waals surface area contributed by atoms with Crippen LogP contribution in [0.2, 0.25) is 0 Å². The monoisotopic (exact) mass is 229 g/mol. The van der Waals surface area contributed by atoms with Gasteiger partial charge in [-0.25, -0.2) is 4.98 Å². The van der Waals surface area contributed by atoms with Gasteiger partial charge in [-0.15, -0.1) is 11.8 Å². The molecule has 0 radical (unpaired) electrons. The highest BCUT2D eigenvalue weighted by atomic mass is 32.2. The molecule has 0 aliphatic rings. The first-order valence-corrected chi connectivity index (χ1v) is 5.98. The third kappa shape index (κ3) is 2.65. The summed E-state index contributed by atoms with van der Waals surface area (Å²) in [6.45, 7) is 0.808. The van der Waals surface area contributed by atoms with Crippen molar-refractivity contribution in [2.24, 2.45) is 0 Å². The Morgan fingerprint density at radius 1 is 1.31 bits per heavy atom. The zero-order chi connectivity index (χ0) is 11.2. The largest absolute Gasteiger partial charge is 0.322 e. The van der Waals surface area contributed by atoms with E-state index < -0.39 is 0 Å². The van der Waals surface area contributed by atoms with E-state index >= 15 is 0 Å². The number of hydrogen-bond acceptors (Lipinski definition) is 3. The molecule has 1 aromatic carbocycles. The Morgan fingerprint density at radius 2 is 2.12 bits per heavy atom. The Hall–Kier alpha value is -1.73. The molecule has 2 aromatic rings. The molecule has 0 unspecified atom stereocenters. The molecule has 0 atom stereocenters. The van der Waals surface area contributed by atoms with Crippen molar-refractivity contribution in [3.05, 3.63) is 48.5 Å². The highest BCUT2D eigenvalue weighted by Crippen LogP contribution is 2.17. The summed E-state index contributed by atoms with van der Waals surface area (Å²) in [7, 11) is 0. The third-order valence-corrected chi connectivity index (χ3v) is 3.15. The number of imidazole rings is 1. The highest BCUT2D eigenvalue weighted by Gasteiger charge is 2.00. The van der Waals surface area contributed by atoms with Crippen molar-refractivity contribution < 1.29 is 0 Å². The smallest absolute Gasteiger partial charge is 0.212 e. The number of aromatic nitrogens is 2. The van der Waals surface area contributed by atoms with E-state index in [4.69, 9.17) is 5.26 Å². The van der Waals surface area contributed by atoms with Gasteiger partial charge in [-0.1, -0.05) is 18.2 Å². The maximum atomic E-state index is 8.78. The molecule has 0 aliphatic heterocycles. The molecule has 0 saturated heterocycles. The van der Waals surface area contributed by atoms with Crippen LogP contribution in [0.1, 0.15) is 5.82 Å². The molecule has 16 heavy (non-hydrogen) atoms. The second kappa shape index (κ2) is 5.38. The predicted molar refractivity (Wildman–Crippen MR) is 64.1 cm³/mol. The fraction of sp³-hybridized carbons (Fsp3) is 0.167. The normalized spacial score (nSPS) is 9.94. The lowest BCUT2D eigenvalue weighted by molar-refractivity contribution is 0.756. The molecule has 0 spiro atoms. The molecule has 80 valence electrons. The molecule has 0 saturated carbocycles. The summed E-state index contributed by atoms with van der Waals surface area (Å²) in [5.74, 6) is 1.42. The Kier molecular flexibility index (Phi) is 3.62. The summed E-state index contributed by atoms with van der Waals surface area (Å²) < 4.78 is 1.87. The molecule has 4 heteroatoms. The average molecular weight is 229 g/mol. The van der Waals surface area contributed by atoms with Crippen molar-refractivity contribution in [1.29, 1.82) is 5.26 Å². The minimum absolute atomic E-state index is 0.480. The lowest BCUT2D eigenvalue weighted by Crippen LogP contribution is -2.01. The van der Waals surface area contributed by atoms with Crippen molar-refractivity contribution in [3.8, 4) is 6.07 Å². The molecule has 0 fully saturated rings. The van der Waals surface area contributed by atoms with Gasteiger partial charge in [-0.2, -0.15) is 5.26 Å². The molecule has 2 rings (SSSR count). The van der Waals surface area contributed by atoms with Crippen molar-refractivity contribution >= 4 is 11.8 Å². The summed E-state index contributed by atoms with van der Waals surface area (Å²) >= 11 is 1.78. The summed E-state index contributed by atoms with van der Waals surface area (Å²) in [5.41, 5.74) is 0. The van der Waals surface area contributed by atoms with E-state index in [1.165, 1.54) is 4.90 Å². The number of benzene rings is 1. The van der Waals surface area contributed by atoms with Crippen LogP contribution in [0.5, 0.6) is 0 Å². The molecule has 0 amide bonds. The van der Waals surface area contributed by atoms with E-state index in [9.17, 15) is 0 Å². The lowest BCUT2D eigenvalue weighted by Gasteiger charge is -2.03. The first kappa shape index (κ1) is 10.8. The van der Waals surface area contributed by atoms with Crippen molar-refractivity contribution in [1.82, 2.24) is 9.55 Å². The van der Waals surface area contributed by atoms with Gasteiger partial charge in [0.05, 0.1) is 0 Å². The van der Waals surface area contributed by atoms with Crippen LogP contribution in [-0.2, 0) is 6.54 Å². The molecule has 0 bridgehead atoms. The minimum atomic E-state index is 0.480. The number of nitriles is 1. The fourth-order valence-electron chi connectivity index (χ4n) is 1.38. The summed E-state index contributed by atoms with van der Waals surface area (Å²) in [6, 6.07) is 12.3. The minimum Gasteiger partial charge on any atom is -0.322 e. The average Bonchev–Trinajstić information content (AvgIpc) is 2.78. The second-order valence-electron chi connectivity index (χ2n) is 3.22. The molecule has 0 aliphatic carbocycles.